The van der Waals surface area contributed by atoms with Gasteiger partial charge in [0.25, 0.3) is 0 Å². The summed E-state index contributed by atoms with van der Waals surface area (Å²) in [7, 11) is 0. The predicted molar refractivity (Wildman–Crippen MR) is 329 cm³/mol. The van der Waals surface area contributed by atoms with E-state index >= 15 is 0 Å². The van der Waals surface area contributed by atoms with Crippen LogP contribution in [0.4, 0.5) is 34.1 Å². The van der Waals surface area contributed by atoms with E-state index in [1.165, 1.54) is 88.6 Å². The Hall–Kier alpha value is -9.96. The van der Waals surface area contributed by atoms with E-state index in [0.29, 0.717) is 0 Å². The van der Waals surface area contributed by atoms with Gasteiger partial charge in [-0.05, 0) is 158 Å². The first-order valence-corrected chi connectivity index (χ1v) is 27.0. The predicted octanol–water partition coefficient (Wildman–Crippen LogP) is 20.7. The molecule has 0 fully saturated rings. The molecule has 78 heavy (non-hydrogen) atoms. The summed E-state index contributed by atoms with van der Waals surface area (Å²) < 4.78 is 2.50. The number of hydrogen-bond acceptors (Lipinski definition) is 2. The molecule has 1 heterocycles. The molecule has 14 rings (SSSR count). The van der Waals surface area contributed by atoms with E-state index in [2.05, 4.69) is 325 Å². The summed E-state index contributed by atoms with van der Waals surface area (Å²) >= 11 is 0. The second kappa shape index (κ2) is 19.3. The molecule has 1 aliphatic carbocycles. The Balaban J connectivity index is 0.902. The molecule has 0 atom stereocenters. The Labute approximate surface area is 456 Å². The highest BCUT2D eigenvalue weighted by molar-refractivity contribution is 6.20. The highest BCUT2D eigenvalue weighted by atomic mass is 15.2. The number of nitrogens with zero attached hydrogens (tertiary/aromatic N) is 3. The number of rotatable bonds is 11. The molecule has 3 nitrogen and oxygen atoms in total. The molecule has 0 amide bonds. The average molecular weight is 998 g/mol. The van der Waals surface area contributed by atoms with Gasteiger partial charge in [0.05, 0.1) is 11.2 Å². The molecule has 0 N–H and O–H groups in total. The summed E-state index contributed by atoms with van der Waals surface area (Å²) in [6.45, 7) is 4.81. The van der Waals surface area contributed by atoms with Gasteiger partial charge >= 0.3 is 0 Å². The zero-order valence-electron chi connectivity index (χ0n) is 43.6. The van der Waals surface area contributed by atoms with Crippen molar-refractivity contribution < 1.29 is 0 Å². The van der Waals surface area contributed by atoms with Gasteiger partial charge in [0.1, 0.15) is 0 Å². The molecule has 3 heteroatoms. The van der Waals surface area contributed by atoms with Crippen molar-refractivity contribution in [1.82, 2.24) is 4.57 Å². The highest BCUT2D eigenvalue weighted by Gasteiger charge is 2.37. The summed E-state index contributed by atoms with van der Waals surface area (Å²) in [5, 5.41) is 3.67. The van der Waals surface area contributed by atoms with E-state index in [-0.39, 0.29) is 5.41 Å². The Bertz CT molecular complexity index is 4240. The summed E-state index contributed by atoms with van der Waals surface area (Å²) in [5.74, 6) is 0. The Morgan fingerprint density at radius 3 is 1.26 bits per heavy atom. The van der Waals surface area contributed by atoms with Crippen LogP contribution in [-0.4, -0.2) is 4.57 Å². The average Bonchev–Trinajstić information content (AvgIpc) is 3.99. The second-order valence-corrected chi connectivity index (χ2v) is 20.9. The minimum absolute atomic E-state index is 0.304. The van der Waals surface area contributed by atoms with Crippen molar-refractivity contribution in [3.05, 3.63) is 308 Å². The number of hydrogen-bond donors (Lipinski definition) is 0. The maximum absolute atomic E-state index is 2.50. The molecule has 0 aliphatic heterocycles. The maximum Gasteiger partial charge on any atom is 0.0620 e. The van der Waals surface area contributed by atoms with Crippen LogP contribution in [0.1, 0.15) is 25.0 Å². The maximum atomic E-state index is 2.50. The first kappa shape index (κ1) is 46.6. The third-order valence-corrected chi connectivity index (χ3v) is 15.9. The highest BCUT2D eigenvalue weighted by Crippen LogP contribution is 2.53. The molecule has 0 spiro atoms. The fourth-order valence-electron chi connectivity index (χ4n) is 12.2. The van der Waals surface area contributed by atoms with Crippen LogP contribution in [0, 0.1) is 0 Å². The fraction of sp³-hybridized carbons (Fsp3) is 0.0400. The lowest BCUT2D eigenvalue weighted by atomic mass is 9.81. The van der Waals surface area contributed by atoms with Crippen LogP contribution in [0.3, 0.4) is 0 Å². The monoisotopic (exact) mass is 997 g/mol. The van der Waals surface area contributed by atoms with Gasteiger partial charge in [-0.2, -0.15) is 0 Å². The van der Waals surface area contributed by atoms with Crippen molar-refractivity contribution in [2.75, 3.05) is 9.80 Å². The van der Waals surface area contributed by atoms with Crippen LogP contribution in [-0.2, 0) is 5.41 Å². The Morgan fingerprint density at radius 2 is 0.679 bits per heavy atom. The van der Waals surface area contributed by atoms with Crippen molar-refractivity contribution in [1.29, 1.82) is 0 Å². The minimum atomic E-state index is -0.304. The van der Waals surface area contributed by atoms with Crippen LogP contribution in [0.15, 0.2) is 297 Å². The van der Waals surface area contributed by atoms with Gasteiger partial charge in [-0.25, -0.2) is 0 Å². The van der Waals surface area contributed by atoms with E-state index in [1.807, 2.05) is 0 Å². The van der Waals surface area contributed by atoms with Crippen LogP contribution < -0.4 is 9.80 Å². The molecule has 12 aromatic carbocycles. The molecule has 370 valence electrons. The smallest absolute Gasteiger partial charge is 0.0620 e. The fourth-order valence-corrected chi connectivity index (χ4v) is 12.2. The molecule has 13 aromatic rings. The van der Waals surface area contributed by atoms with E-state index in [0.717, 1.165) is 39.8 Å². The molecular weight excluding hydrogens is 943 g/mol. The number of aromatic nitrogens is 1. The molecule has 0 unspecified atom stereocenters. The Morgan fingerprint density at radius 1 is 0.282 bits per heavy atom. The van der Waals surface area contributed by atoms with Gasteiger partial charge in [-0.3, -0.25) is 0 Å². The summed E-state index contributed by atoms with van der Waals surface area (Å²) in [4.78, 5) is 4.73. The van der Waals surface area contributed by atoms with Crippen molar-refractivity contribution in [2.45, 2.75) is 19.3 Å². The van der Waals surface area contributed by atoms with Crippen LogP contribution >= 0.6 is 0 Å². The van der Waals surface area contributed by atoms with Crippen molar-refractivity contribution in [3.8, 4) is 61.5 Å². The third-order valence-electron chi connectivity index (χ3n) is 15.9. The minimum Gasteiger partial charge on any atom is -0.311 e. The third kappa shape index (κ3) is 7.99. The quantitative estimate of drug-likeness (QED) is 0.128. The van der Waals surface area contributed by atoms with E-state index < -0.39 is 0 Å². The van der Waals surface area contributed by atoms with Gasteiger partial charge in [-0.1, -0.05) is 214 Å². The van der Waals surface area contributed by atoms with E-state index in [4.69, 9.17) is 0 Å². The molecule has 1 aliphatic rings. The Kier molecular flexibility index (Phi) is 11.5. The topological polar surface area (TPSA) is 11.4 Å². The lowest BCUT2D eigenvalue weighted by molar-refractivity contribution is 0.660. The molecule has 0 bridgehead atoms. The largest absolute Gasteiger partial charge is 0.311 e. The van der Waals surface area contributed by atoms with Crippen molar-refractivity contribution in [2.24, 2.45) is 0 Å². The molecule has 0 saturated carbocycles. The van der Waals surface area contributed by atoms with Crippen molar-refractivity contribution in [3.63, 3.8) is 0 Å². The molecule has 0 radical (unpaired) electrons. The lowest BCUT2D eigenvalue weighted by Crippen LogP contribution is -2.17. The summed E-state index contributed by atoms with van der Waals surface area (Å²) in [6.07, 6.45) is 0. The van der Waals surface area contributed by atoms with Gasteiger partial charge in [0.15, 0.2) is 0 Å². The van der Waals surface area contributed by atoms with E-state index in [9.17, 15) is 0 Å². The number of fused-ring (bicyclic) bond motifs is 6. The van der Waals surface area contributed by atoms with Gasteiger partial charge in [0, 0.05) is 61.6 Å². The van der Waals surface area contributed by atoms with Crippen LogP contribution in [0.2, 0.25) is 0 Å². The van der Waals surface area contributed by atoms with Crippen LogP contribution in [0.25, 0.3) is 83.1 Å². The summed E-state index contributed by atoms with van der Waals surface area (Å²) in [5.41, 5.74) is 23.4. The normalized spacial score (nSPS) is 12.3. The number of anilines is 6. The number of benzene rings is 12. The summed E-state index contributed by atoms with van der Waals surface area (Å²) in [6, 6.07) is 108. The van der Waals surface area contributed by atoms with Crippen LogP contribution in [0.5, 0.6) is 0 Å². The van der Waals surface area contributed by atoms with E-state index in [1.54, 1.807) is 0 Å². The van der Waals surface area contributed by atoms with Crippen molar-refractivity contribution >= 4 is 55.8 Å². The zero-order chi connectivity index (χ0) is 52.2. The van der Waals surface area contributed by atoms with Gasteiger partial charge < -0.3 is 14.4 Å². The van der Waals surface area contributed by atoms with Gasteiger partial charge in [0.2, 0.25) is 0 Å². The first-order chi connectivity index (χ1) is 38.5. The molecule has 1 aromatic heterocycles. The molecular formula is C75H55N3. The first-order valence-electron chi connectivity index (χ1n) is 27.0. The molecule has 0 saturated heterocycles. The number of para-hydroxylation sites is 3. The SMILES string of the molecule is CC1(C)c2cc(-c3cc4c(-c5ccccc5)c(-c5ccccc5)n(-c5ccccc5)c4c4ccccc34)ccc2-c2ccc(N(c3ccc(-c4ccccc4)cc3)c3ccc(N(c4ccccc4)c4ccccc4)cc3)cc21. The second-order valence-electron chi connectivity index (χ2n) is 20.9. The standard InChI is InChI=1S/C75H55N3/c1-75(2)70-49-56(68-51-69-72(54-25-11-4-12-26-54)73(55-27-13-5-14-28-55)78(59-33-19-8-20-34-59)74(69)67-36-22-21-35-64(67)68)39-47-65(70)66-48-46-63(50-71(66)75)77(60-40-37-53(38-41-60)52-23-9-3-10-24-52)62-44-42-61(43-45-62)76(57-29-15-6-16-30-57)58-31-17-7-18-32-58/h3-51H,1-2H3. The zero-order valence-corrected chi connectivity index (χ0v) is 43.6. The lowest BCUT2D eigenvalue weighted by Gasteiger charge is -2.29. The van der Waals surface area contributed by atoms with Gasteiger partial charge in [-0.15, -0.1) is 0 Å².